The molecule has 2 aromatic heterocycles. The van der Waals surface area contributed by atoms with Crippen LogP contribution in [0.3, 0.4) is 0 Å². The minimum atomic E-state index is -0.377. The summed E-state index contributed by atoms with van der Waals surface area (Å²) in [6.07, 6.45) is 3.10. The maximum atomic E-state index is 12.1. The van der Waals surface area contributed by atoms with E-state index in [-0.39, 0.29) is 17.6 Å². The number of halogens is 1. The van der Waals surface area contributed by atoms with E-state index in [1.807, 2.05) is 0 Å². The lowest BCUT2D eigenvalue weighted by Crippen LogP contribution is -2.13. The number of aromatic nitrogens is 1. The fraction of sp³-hybridized carbons (Fsp3) is 0. The summed E-state index contributed by atoms with van der Waals surface area (Å²) in [5, 5.41) is 5.48. The highest BCUT2D eigenvalue weighted by Gasteiger charge is 2.11. The molecule has 2 heterocycles. The molecule has 0 aliphatic carbocycles. The topological polar surface area (TPSA) is 84.2 Å². The highest BCUT2D eigenvalue weighted by molar-refractivity contribution is 9.10. The van der Waals surface area contributed by atoms with E-state index in [1.165, 1.54) is 0 Å². The number of carbonyl (C=O) groups is 2. The molecule has 0 spiro atoms. The average Bonchev–Trinajstić information content (AvgIpc) is 3.02. The first kappa shape index (κ1) is 15.9. The molecule has 0 aliphatic rings. The molecular weight excluding hydrogens is 374 g/mol. The van der Waals surface area contributed by atoms with Crippen molar-refractivity contribution in [2.24, 2.45) is 0 Å². The molecular formula is C17H12BrN3O3. The number of amides is 2. The maximum Gasteiger partial charge on any atom is 0.291 e. The zero-order valence-corrected chi connectivity index (χ0v) is 13.9. The van der Waals surface area contributed by atoms with Crippen molar-refractivity contribution in [3.63, 3.8) is 0 Å². The van der Waals surface area contributed by atoms with Crippen molar-refractivity contribution in [1.29, 1.82) is 0 Å². The number of nitrogens with one attached hydrogen (secondary N) is 2. The third-order valence-corrected chi connectivity index (χ3v) is 3.54. The minimum absolute atomic E-state index is 0.188. The van der Waals surface area contributed by atoms with E-state index in [4.69, 9.17) is 4.42 Å². The van der Waals surface area contributed by atoms with E-state index in [1.54, 1.807) is 60.9 Å². The van der Waals surface area contributed by atoms with Crippen molar-refractivity contribution in [3.05, 3.63) is 76.9 Å². The Kier molecular flexibility index (Phi) is 4.72. The lowest BCUT2D eigenvalue weighted by atomic mass is 10.2. The molecule has 3 aromatic rings. The van der Waals surface area contributed by atoms with Crippen LogP contribution in [-0.4, -0.2) is 16.8 Å². The van der Waals surface area contributed by atoms with Crippen molar-refractivity contribution in [3.8, 4) is 0 Å². The average molecular weight is 386 g/mol. The van der Waals surface area contributed by atoms with Crippen molar-refractivity contribution in [2.45, 2.75) is 0 Å². The van der Waals surface area contributed by atoms with Crippen LogP contribution in [0.4, 0.5) is 11.4 Å². The van der Waals surface area contributed by atoms with Crippen molar-refractivity contribution in [2.75, 3.05) is 10.6 Å². The summed E-state index contributed by atoms with van der Waals surface area (Å²) in [4.78, 5) is 28.1. The van der Waals surface area contributed by atoms with Gasteiger partial charge >= 0.3 is 0 Å². The van der Waals surface area contributed by atoms with Gasteiger partial charge in [-0.2, -0.15) is 0 Å². The van der Waals surface area contributed by atoms with E-state index in [2.05, 4.69) is 31.5 Å². The van der Waals surface area contributed by atoms with E-state index < -0.39 is 0 Å². The van der Waals surface area contributed by atoms with Gasteiger partial charge in [-0.1, -0.05) is 6.07 Å². The maximum absolute atomic E-state index is 12.1. The molecule has 0 saturated carbocycles. The summed E-state index contributed by atoms with van der Waals surface area (Å²) in [6, 6.07) is 13.3. The first-order chi connectivity index (χ1) is 11.6. The molecule has 0 radical (unpaired) electrons. The third-order valence-electron chi connectivity index (χ3n) is 3.12. The molecule has 3 rings (SSSR count). The van der Waals surface area contributed by atoms with Gasteiger partial charge in [0.15, 0.2) is 10.4 Å². The number of hydrogen-bond donors (Lipinski definition) is 2. The summed E-state index contributed by atoms with van der Waals surface area (Å²) in [6.45, 7) is 0. The Hall–Kier alpha value is -2.93. The molecule has 2 amide bonds. The Labute approximate surface area is 146 Å². The van der Waals surface area contributed by atoms with Gasteiger partial charge in [-0.3, -0.25) is 14.6 Å². The zero-order valence-electron chi connectivity index (χ0n) is 12.3. The first-order valence-corrected chi connectivity index (χ1v) is 7.79. The fourth-order valence-corrected chi connectivity index (χ4v) is 2.32. The molecule has 1 aromatic carbocycles. The van der Waals surface area contributed by atoms with Gasteiger partial charge in [0.05, 0.1) is 0 Å². The molecule has 0 aliphatic heterocycles. The monoisotopic (exact) mass is 385 g/mol. The molecule has 6 nitrogen and oxygen atoms in total. The van der Waals surface area contributed by atoms with Crippen LogP contribution in [0, 0.1) is 0 Å². The number of benzene rings is 1. The fourth-order valence-electron chi connectivity index (χ4n) is 2.01. The molecule has 120 valence electrons. The Balaban J connectivity index is 1.70. The third kappa shape index (κ3) is 3.88. The molecule has 0 unspecified atom stereocenters. The van der Waals surface area contributed by atoms with E-state index in [9.17, 15) is 9.59 Å². The molecule has 2 N–H and O–H groups in total. The van der Waals surface area contributed by atoms with Gasteiger partial charge in [-0.25, -0.2) is 0 Å². The second-order valence-corrected chi connectivity index (χ2v) is 5.61. The molecule has 7 heteroatoms. The first-order valence-electron chi connectivity index (χ1n) is 7.00. The minimum Gasteiger partial charge on any atom is -0.444 e. The van der Waals surface area contributed by atoms with Crippen LogP contribution in [0.5, 0.6) is 0 Å². The Morgan fingerprint density at radius 2 is 1.58 bits per heavy atom. The predicted octanol–water partition coefficient (Wildman–Crippen LogP) is 3.94. The molecule has 0 bridgehead atoms. The summed E-state index contributed by atoms with van der Waals surface area (Å²) in [7, 11) is 0. The molecule has 0 saturated heterocycles. The smallest absolute Gasteiger partial charge is 0.291 e. The predicted molar refractivity (Wildman–Crippen MR) is 93.0 cm³/mol. The summed E-state index contributed by atoms with van der Waals surface area (Å²) >= 11 is 3.15. The van der Waals surface area contributed by atoms with Crippen molar-refractivity contribution < 1.29 is 14.0 Å². The van der Waals surface area contributed by atoms with Gasteiger partial charge in [-0.15, -0.1) is 0 Å². The molecule has 0 atom stereocenters. The van der Waals surface area contributed by atoms with Gasteiger partial charge in [0, 0.05) is 29.3 Å². The zero-order chi connectivity index (χ0) is 16.9. The number of carbonyl (C=O) groups excluding carboxylic acids is 2. The number of furan rings is 1. The van der Waals surface area contributed by atoms with Crippen LogP contribution < -0.4 is 10.6 Å². The number of pyridine rings is 1. The molecule has 24 heavy (non-hydrogen) atoms. The SMILES string of the molecule is O=C(Nc1cccc(NC(=O)c2ccc(Br)o2)c1)c1ccncc1. The van der Waals surface area contributed by atoms with Crippen molar-refractivity contribution >= 4 is 39.1 Å². The van der Waals surface area contributed by atoms with Crippen molar-refractivity contribution in [1.82, 2.24) is 4.98 Å². The number of nitrogens with zero attached hydrogens (tertiary/aromatic N) is 1. The quantitative estimate of drug-likeness (QED) is 0.712. The lowest BCUT2D eigenvalue weighted by molar-refractivity contribution is 0.0994. The summed E-state index contributed by atoms with van der Waals surface area (Å²) in [5.74, 6) is -0.442. The highest BCUT2D eigenvalue weighted by atomic mass is 79.9. The second-order valence-electron chi connectivity index (χ2n) is 4.83. The van der Waals surface area contributed by atoms with Crippen LogP contribution in [0.1, 0.15) is 20.9 Å². The Morgan fingerprint density at radius 3 is 2.21 bits per heavy atom. The largest absolute Gasteiger partial charge is 0.444 e. The molecule has 0 fully saturated rings. The standard InChI is InChI=1S/C17H12BrN3O3/c18-15-5-4-14(24-15)17(23)21-13-3-1-2-12(10-13)20-16(22)11-6-8-19-9-7-11/h1-10H,(H,20,22)(H,21,23). The highest BCUT2D eigenvalue weighted by Crippen LogP contribution is 2.19. The van der Waals surface area contributed by atoms with Gasteiger partial charge in [0.25, 0.3) is 11.8 Å². The summed E-state index contributed by atoms with van der Waals surface area (Å²) < 4.78 is 5.68. The van der Waals surface area contributed by atoms with Crippen LogP contribution >= 0.6 is 15.9 Å². The Morgan fingerprint density at radius 1 is 0.917 bits per heavy atom. The normalized spacial score (nSPS) is 10.2. The number of rotatable bonds is 4. The van der Waals surface area contributed by atoms with Crippen LogP contribution in [0.2, 0.25) is 0 Å². The van der Waals surface area contributed by atoms with Gasteiger partial charge in [0.1, 0.15) is 0 Å². The van der Waals surface area contributed by atoms with Gasteiger partial charge < -0.3 is 15.1 Å². The van der Waals surface area contributed by atoms with E-state index >= 15 is 0 Å². The summed E-state index contributed by atoms with van der Waals surface area (Å²) in [5.41, 5.74) is 1.61. The van der Waals surface area contributed by atoms with Gasteiger partial charge in [-0.05, 0) is 58.4 Å². The number of hydrogen-bond acceptors (Lipinski definition) is 4. The Bertz CT molecular complexity index is 878. The lowest BCUT2D eigenvalue weighted by Gasteiger charge is -2.08. The van der Waals surface area contributed by atoms with E-state index in [0.717, 1.165) is 0 Å². The van der Waals surface area contributed by atoms with Crippen LogP contribution in [0.15, 0.2) is 70.0 Å². The number of anilines is 2. The van der Waals surface area contributed by atoms with Gasteiger partial charge in [0.2, 0.25) is 0 Å². The van der Waals surface area contributed by atoms with Crippen LogP contribution in [-0.2, 0) is 0 Å². The second kappa shape index (κ2) is 7.10. The van der Waals surface area contributed by atoms with E-state index in [0.29, 0.717) is 21.6 Å². The van der Waals surface area contributed by atoms with Crippen LogP contribution in [0.25, 0.3) is 0 Å².